The summed E-state index contributed by atoms with van der Waals surface area (Å²) in [4.78, 5) is 0. The van der Waals surface area contributed by atoms with Gasteiger partial charge in [-0.3, -0.25) is 0 Å². The van der Waals surface area contributed by atoms with Gasteiger partial charge in [0.05, 0.1) is 12.7 Å². The molecule has 0 bridgehead atoms. The number of rotatable bonds is 5. The lowest BCUT2D eigenvalue weighted by Crippen LogP contribution is -2.18. The fourth-order valence-electron chi connectivity index (χ4n) is 0.784. The predicted molar refractivity (Wildman–Crippen MR) is 46.7 cm³/mol. The number of alkyl halides is 3. The summed E-state index contributed by atoms with van der Waals surface area (Å²) in [6.45, 7) is 0.684. The summed E-state index contributed by atoms with van der Waals surface area (Å²) in [5.74, 6) is 0.611. The number of halogens is 3. The van der Waals surface area contributed by atoms with E-state index >= 15 is 0 Å². The largest absolute Gasteiger partial charge is 0.441 e. The summed E-state index contributed by atoms with van der Waals surface area (Å²) in [6.07, 6.45) is 1.49. The molecule has 1 N–H and O–H groups in total. The number of aromatic nitrogens is 1. The lowest BCUT2D eigenvalue weighted by molar-refractivity contribution is -0.0327. The highest BCUT2D eigenvalue weighted by molar-refractivity contribution is 8.00. The van der Waals surface area contributed by atoms with Gasteiger partial charge in [0.2, 0.25) is 0 Å². The molecule has 0 aliphatic rings. The molecule has 0 spiro atoms. The van der Waals surface area contributed by atoms with Gasteiger partial charge in [0.15, 0.2) is 0 Å². The van der Waals surface area contributed by atoms with Crippen LogP contribution in [-0.2, 0) is 6.54 Å². The van der Waals surface area contributed by atoms with E-state index in [1.807, 2.05) is 0 Å². The van der Waals surface area contributed by atoms with Crippen LogP contribution in [-0.4, -0.2) is 23.0 Å². The monoisotopic (exact) mass is 226 g/mol. The second kappa shape index (κ2) is 5.26. The highest BCUT2D eigenvalue weighted by Gasteiger charge is 2.27. The van der Waals surface area contributed by atoms with Crippen LogP contribution in [0.1, 0.15) is 5.76 Å². The van der Waals surface area contributed by atoms with Crippen molar-refractivity contribution in [3.63, 3.8) is 0 Å². The van der Waals surface area contributed by atoms with Crippen LogP contribution in [0.5, 0.6) is 0 Å². The molecule has 80 valence electrons. The zero-order valence-electron chi connectivity index (χ0n) is 7.17. The van der Waals surface area contributed by atoms with Crippen molar-refractivity contribution in [3.05, 3.63) is 18.0 Å². The van der Waals surface area contributed by atoms with Gasteiger partial charge in [-0.05, 0) is 11.8 Å². The molecule has 0 atom stereocenters. The third-order valence-electron chi connectivity index (χ3n) is 1.34. The maximum absolute atomic E-state index is 11.7. The first-order chi connectivity index (χ1) is 6.58. The molecular formula is C7H9F3N2OS. The van der Waals surface area contributed by atoms with E-state index in [2.05, 4.69) is 10.5 Å². The van der Waals surface area contributed by atoms with Crippen LogP contribution in [0.4, 0.5) is 13.2 Å². The molecule has 0 amide bonds. The van der Waals surface area contributed by atoms with Gasteiger partial charge in [-0.25, -0.2) is 0 Å². The Balaban J connectivity index is 2.00. The SMILES string of the molecule is FC(F)(F)SCCNCc1ccno1. The minimum absolute atomic E-state index is 0.00234. The van der Waals surface area contributed by atoms with Crippen LogP contribution < -0.4 is 5.32 Å². The minimum Gasteiger partial charge on any atom is -0.360 e. The van der Waals surface area contributed by atoms with Gasteiger partial charge in [0.25, 0.3) is 0 Å². The Labute approximate surface area is 83.0 Å². The van der Waals surface area contributed by atoms with Crippen molar-refractivity contribution >= 4 is 11.8 Å². The van der Waals surface area contributed by atoms with Gasteiger partial charge in [-0.1, -0.05) is 5.16 Å². The van der Waals surface area contributed by atoms with Crippen molar-refractivity contribution in [3.8, 4) is 0 Å². The van der Waals surface area contributed by atoms with Crippen molar-refractivity contribution in [1.82, 2.24) is 10.5 Å². The van der Waals surface area contributed by atoms with Gasteiger partial charge in [-0.2, -0.15) is 13.2 Å². The highest BCUT2D eigenvalue weighted by Crippen LogP contribution is 2.29. The molecule has 0 unspecified atom stereocenters. The Morgan fingerprint density at radius 3 is 2.86 bits per heavy atom. The summed E-state index contributed by atoms with van der Waals surface area (Å²) in [5.41, 5.74) is -4.14. The van der Waals surface area contributed by atoms with E-state index in [0.29, 0.717) is 12.3 Å². The van der Waals surface area contributed by atoms with Crippen molar-refractivity contribution in [2.45, 2.75) is 12.1 Å². The average molecular weight is 226 g/mol. The maximum Gasteiger partial charge on any atom is 0.441 e. The number of hydrogen-bond acceptors (Lipinski definition) is 4. The molecule has 1 aromatic heterocycles. The minimum atomic E-state index is -4.14. The van der Waals surface area contributed by atoms with Gasteiger partial charge < -0.3 is 9.84 Å². The first-order valence-corrected chi connectivity index (χ1v) is 4.87. The molecule has 0 aromatic carbocycles. The Morgan fingerprint density at radius 1 is 1.50 bits per heavy atom. The van der Waals surface area contributed by atoms with E-state index in [9.17, 15) is 13.2 Å². The molecular weight excluding hydrogens is 217 g/mol. The van der Waals surface area contributed by atoms with Crippen molar-refractivity contribution in [2.24, 2.45) is 0 Å². The average Bonchev–Trinajstić information content (AvgIpc) is 2.54. The fourth-order valence-corrected chi connectivity index (χ4v) is 1.26. The standard InChI is InChI=1S/C7H9F3N2OS/c8-7(9,10)14-4-3-11-5-6-1-2-12-13-6/h1-2,11H,3-5H2. The van der Waals surface area contributed by atoms with Crippen LogP contribution in [0, 0.1) is 0 Å². The van der Waals surface area contributed by atoms with Crippen LogP contribution in [0.3, 0.4) is 0 Å². The molecule has 0 radical (unpaired) electrons. The van der Waals surface area contributed by atoms with E-state index < -0.39 is 5.51 Å². The molecule has 0 saturated carbocycles. The third-order valence-corrected chi connectivity index (χ3v) is 2.07. The molecule has 1 rings (SSSR count). The van der Waals surface area contributed by atoms with E-state index in [0.717, 1.165) is 0 Å². The Hall–Kier alpha value is -0.690. The Morgan fingerprint density at radius 2 is 2.29 bits per heavy atom. The second-order valence-electron chi connectivity index (χ2n) is 2.45. The highest BCUT2D eigenvalue weighted by atomic mass is 32.2. The normalized spacial score (nSPS) is 11.9. The van der Waals surface area contributed by atoms with Crippen LogP contribution in [0.2, 0.25) is 0 Å². The summed E-state index contributed by atoms with van der Waals surface area (Å²) in [6, 6.07) is 1.66. The molecule has 3 nitrogen and oxygen atoms in total. The molecule has 7 heteroatoms. The van der Waals surface area contributed by atoms with Gasteiger partial charge in [0, 0.05) is 18.4 Å². The third kappa shape index (κ3) is 5.13. The molecule has 0 aliphatic carbocycles. The molecule has 1 heterocycles. The van der Waals surface area contributed by atoms with Crippen LogP contribution in [0.25, 0.3) is 0 Å². The first kappa shape index (κ1) is 11.4. The number of hydrogen-bond donors (Lipinski definition) is 1. The lowest BCUT2D eigenvalue weighted by Gasteiger charge is -2.05. The van der Waals surface area contributed by atoms with E-state index in [-0.39, 0.29) is 24.1 Å². The van der Waals surface area contributed by atoms with E-state index in [4.69, 9.17) is 4.52 Å². The van der Waals surface area contributed by atoms with E-state index in [1.54, 1.807) is 6.07 Å². The maximum atomic E-state index is 11.7. The Kier molecular flexibility index (Phi) is 4.27. The van der Waals surface area contributed by atoms with Crippen molar-refractivity contribution in [2.75, 3.05) is 12.3 Å². The smallest absolute Gasteiger partial charge is 0.360 e. The van der Waals surface area contributed by atoms with Crippen LogP contribution >= 0.6 is 11.8 Å². The lowest BCUT2D eigenvalue weighted by atomic mass is 10.4. The van der Waals surface area contributed by atoms with Gasteiger partial charge >= 0.3 is 5.51 Å². The fraction of sp³-hybridized carbons (Fsp3) is 0.571. The van der Waals surface area contributed by atoms with E-state index in [1.165, 1.54) is 6.20 Å². The number of nitrogens with zero attached hydrogens (tertiary/aromatic N) is 1. The predicted octanol–water partition coefficient (Wildman–Crippen LogP) is 2.02. The van der Waals surface area contributed by atoms with Crippen LogP contribution in [0.15, 0.2) is 16.8 Å². The molecule has 1 aromatic rings. The number of thioether (sulfide) groups is 1. The summed E-state index contributed by atoms with van der Waals surface area (Å²) >= 11 is -0.0380. The zero-order chi connectivity index (χ0) is 10.4. The zero-order valence-corrected chi connectivity index (χ0v) is 7.99. The van der Waals surface area contributed by atoms with Crippen molar-refractivity contribution in [1.29, 1.82) is 0 Å². The molecule has 14 heavy (non-hydrogen) atoms. The topological polar surface area (TPSA) is 38.1 Å². The summed E-state index contributed by atoms with van der Waals surface area (Å²) < 4.78 is 39.7. The van der Waals surface area contributed by atoms with Crippen molar-refractivity contribution < 1.29 is 17.7 Å². The number of nitrogens with one attached hydrogen (secondary N) is 1. The molecule has 0 saturated heterocycles. The quantitative estimate of drug-likeness (QED) is 0.779. The Bertz CT molecular complexity index is 250. The first-order valence-electron chi connectivity index (χ1n) is 3.89. The summed E-state index contributed by atoms with van der Waals surface area (Å²) in [5, 5.41) is 6.27. The van der Waals surface area contributed by atoms with Gasteiger partial charge in [0.1, 0.15) is 5.76 Å². The molecule has 0 fully saturated rings. The second-order valence-corrected chi connectivity index (χ2v) is 3.61. The molecule has 0 aliphatic heterocycles. The summed E-state index contributed by atoms with van der Waals surface area (Å²) in [7, 11) is 0. The van der Waals surface area contributed by atoms with Gasteiger partial charge in [-0.15, -0.1) is 0 Å².